The molecule has 0 aliphatic heterocycles. The van der Waals surface area contributed by atoms with Crippen LogP contribution >= 0.6 is 0 Å². The number of para-hydroxylation sites is 2. The van der Waals surface area contributed by atoms with E-state index in [4.69, 9.17) is 23.8 Å². The van der Waals surface area contributed by atoms with Crippen LogP contribution in [0, 0.1) is 0 Å². The third-order valence-corrected chi connectivity index (χ3v) is 10.2. The first kappa shape index (κ1) is 26.0. The lowest BCUT2D eigenvalue weighted by molar-refractivity contribution is 0.570. The van der Waals surface area contributed by atoms with Crippen molar-refractivity contribution in [3.63, 3.8) is 0 Å². The Hall–Kier alpha value is -6.99. The SMILES string of the molecule is c1ccc(-c2nc(-c3ccccc3)nc(-c3cc4c5ccccc5n5c6cocc6n6c7ccccc7c7ccc8oc3c(c8c76)c45)n2)cc1. The van der Waals surface area contributed by atoms with Crippen LogP contribution in [0.25, 0.3) is 111 Å². The van der Waals surface area contributed by atoms with Crippen LogP contribution in [-0.4, -0.2) is 23.8 Å². The van der Waals surface area contributed by atoms with Crippen LogP contribution < -0.4 is 0 Å². The van der Waals surface area contributed by atoms with Crippen molar-refractivity contribution in [3.8, 4) is 34.2 Å². The second kappa shape index (κ2) is 9.33. The van der Waals surface area contributed by atoms with Crippen molar-refractivity contribution in [1.29, 1.82) is 0 Å². The number of benzene rings is 6. The van der Waals surface area contributed by atoms with Gasteiger partial charge in [0, 0.05) is 32.7 Å². The summed E-state index contributed by atoms with van der Waals surface area (Å²) >= 11 is 0. The number of aromatic nitrogens is 5. The fraction of sp³-hybridized carbons (Fsp3) is 0. The Labute approximate surface area is 282 Å². The van der Waals surface area contributed by atoms with E-state index in [0.717, 1.165) is 87.9 Å². The zero-order valence-electron chi connectivity index (χ0n) is 26.3. The van der Waals surface area contributed by atoms with Crippen molar-refractivity contribution < 1.29 is 8.83 Å². The molecule has 0 radical (unpaired) electrons. The maximum absolute atomic E-state index is 7.00. The van der Waals surface area contributed by atoms with Crippen LogP contribution in [0.5, 0.6) is 0 Å². The Morgan fingerprint density at radius 1 is 0.440 bits per heavy atom. The molecular formula is C43H23N5O2. The van der Waals surface area contributed by atoms with Crippen molar-refractivity contribution in [3.05, 3.63) is 140 Å². The summed E-state index contributed by atoms with van der Waals surface area (Å²) in [7, 11) is 0. The predicted octanol–water partition coefficient (Wildman–Crippen LogP) is 10.9. The van der Waals surface area contributed by atoms with Gasteiger partial charge >= 0.3 is 0 Å². The third kappa shape index (κ3) is 3.26. The summed E-state index contributed by atoms with van der Waals surface area (Å²) in [4.78, 5) is 15.3. The van der Waals surface area contributed by atoms with Crippen molar-refractivity contribution >= 4 is 76.6 Å². The Bertz CT molecular complexity index is 3260. The van der Waals surface area contributed by atoms with E-state index in [1.54, 1.807) is 0 Å². The van der Waals surface area contributed by atoms with E-state index >= 15 is 0 Å². The van der Waals surface area contributed by atoms with Gasteiger partial charge in [0.25, 0.3) is 0 Å². The standard InChI is InChI=1S/C43H23N5O2/c1-3-11-24(12-4-1)41-44-42(25-13-5-2-6-14-25)46-43(45-41)30-21-29-27-16-8-10-18-32(27)48-34-23-49-22-33(34)47-31-17-9-7-15-26(31)28-19-20-35-36(38(28)47)37(39(29)48)40(30)50-35/h1-23H. The van der Waals surface area contributed by atoms with Gasteiger partial charge in [0.2, 0.25) is 0 Å². The van der Waals surface area contributed by atoms with Crippen LogP contribution in [0.2, 0.25) is 0 Å². The molecule has 0 atom stereocenters. The fourth-order valence-electron chi connectivity index (χ4n) is 8.14. The molecule has 12 rings (SSSR count). The minimum absolute atomic E-state index is 0.554. The predicted molar refractivity (Wildman–Crippen MR) is 199 cm³/mol. The highest BCUT2D eigenvalue weighted by Gasteiger charge is 2.27. The molecule has 7 nitrogen and oxygen atoms in total. The van der Waals surface area contributed by atoms with Crippen LogP contribution in [-0.2, 0) is 0 Å². The quantitative estimate of drug-likeness (QED) is 0.192. The Balaban J connectivity index is 1.34. The van der Waals surface area contributed by atoms with Crippen LogP contribution in [0.1, 0.15) is 0 Å². The lowest BCUT2D eigenvalue weighted by atomic mass is 10.0. The van der Waals surface area contributed by atoms with Gasteiger partial charge in [-0.25, -0.2) is 15.0 Å². The maximum atomic E-state index is 7.00. The van der Waals surface area contributed by atoms with E-state index in [0.29, 0.717) is 17.5 Å². The monoisotopic (exact) mass is 641 g/mol. The number of nitrogens with zero attached hydrogens (tertiary/aromatic N) is 5. The minimum atomic E-state index is 0.554. The molecule has 0 bridgehead atoms. The molecule has 0 saturated carbocycles. The molecule has 232 valence electrons. The van der Waals surface area contributed by atoms with Gasteiger partial charge in [-0.2, -0.15) is 0 Å². The maximum Gasteiger partial charge on any atom is 0.167 e. The number of hydrogen-bond donors (Lipinski definition) is 0. The lowest BCUT2D eigenvalue weighted by Crippen LogP contribution is -2.00. The molecule has 6 aromatic carbocycles. The topological polar surface area (TPSA) is 73.8 Å². The molecule has 0 saturated heterocycles. The van der Waals surface area contributed by atoms with Gasteiger partial charge in [0.1, 0.15) is 34.7 Å². The average molecular weight is 642 g/mol. The summed E-state index contributed by atoms with van der Waals surface area (Å²) < 4.78 is 17.7. The van der Waals surface area contributed by atoms with Crippen molar-refractivity contribution in [2.75, 3.05) is 0 Å². The highest BCUT2D eigenvalue weighted by atomic mass is 16.3. The Kier molecular flexibility index (Phi) is 4.86. The molecule has 12 aromatic rings. The first-order valence-electron chi connectivity index (χ1n) is 16.6. The van der Waals surface area contributed by atoms with Crippen molar-refractivity contribution in [2.45, 2.75) is 0 Å². The third-order valence-electron chi connectivity index (χ3n) is 10.2. The lowest BCUT2D eigenvalue weighted by Gasteiger charge is -2.10. The molecule has 0 amide bonds. The Morgan fingerprint density at radius 2 is 0.980 bits per heavy atom. The smallest absolute Gasteiger partial charge is 0.167 e. The zero-order chi connectivity index (χ0) is 32.5. The zero-order valence-corrected chi connectivity index (χ0v) is 26.3. The number of fused-ring (bicyclic) bond motifs is 9. The molecule has 0 aliphatic carbocycles. The number of furan rings is 2. The normalized spacial score (nSPS) is 12.4. The van der Waals surface area contributed by atoms with E-state index in [9.17, 15) is 0 Å². The summed E-state index contributed by atoms with van der Waals surface area (Å²) in [5.41, 5.74) is 10.5. The molecule has 6 aromatic heterocycles. The van der Waals surface area contributed by atoms with Gasteiger partial charge in [-0.1, -0.05) is 97.1 Å². The summed E-state index contributed by atoms with van der Waals surface area (Å²) in [6.07, 6.45) is 3.72. The van der Waals surface area contributed by atoms with Crippen molar-refractivity contribution in [1.82, 2.24) is 23.8 Å². The van der Waals surface area contributed by atoms with Gasteiger partial charge in [0.05, 0.1) is 38.4 Å². The largest absolute Gasteiger partial charge is 0.468 e. The number of hydrogen-bond acceptors (Lipinski definition) is 5. The molecular weight excluding hydrogens is 619 g/mol. The molecule has 50 heavy (non-hydrogen) atoms. The van der Waals surface area contributed by atoms with Gasteiger partial charge in [-0.3, -0.25) is 0 Å². The molecule has 0 N–H and O–H groups in total. The van der Waals surface area contributed by atoms with E-state index in [1.165, 1.54) is 5.39 Å². The van der Waals surface area contributed by atoms with Gasteiger partial charge in [0.15, 0.2) is 17.5 Å². The first-order chi connectivity index (χ1) is 24.8. The molecule has 0 spiro atoms. The average Bonchev–Trinajstić information content (AvgIpc) is 3.94. The van der Waals surface area contributed by atoms with E-state index in [2.05, 4.69) is 75.5 Å². The summed E-state index contributed by atoms with van der Waals surface area (Å²) in [5.74, 6) is 1.76. The molecule has 0 fully saturated rings. The first-order valence-corrected chi connectivity index (χ1v) is 16.6. The van der Waals surface area contributed by atoms with E-state index < -0.39 is 0 Å². The number of rotatable bonds is 3. The van der Waals surface area contributed by atoms with Gasteiger partial charge < -0.3 is 17.6 Å². The van der Waals surface area contributed by atoms with Crippen molar-refractivity contribution in [2.24, 2.45) is 0 Å². The highest BCUT2D eigenvalue weighted by molar-refractivity contribution is 6.33. The molecule has 0 unspecified atom stereocenters. The molecule has 0 aliphatic rings. The fourth-order valence-corrected chi connectivity index (χ4v) is 8.14. The second-order valence-corrected chi connectivity index (χ2v) is 12.8. The van der Waals surface area contributed by atoms with E-state index in [-0.39, 0.29) is 0 Å². The van der Waals surface area contributed by atoms with Crippen LogP contribution in [0.3, 0.4) is 0 Å². The second-order valence-electron chi connectivity index (χ2n) is 12.8. The summed E-state index contributed by atoms with van der Waals surface area (Å²) in [6.45, 7) is 0. The minimum Gasteiger partial charge on any atom is -0.468 e. The molecule has 6 heterocycles. The highest BCUT2D eigenvalue weighted by Crippen LogP contribution is 2.48. The van der Waals surface area contributed by atoms with Crippen LogP contribution in [0.4, 0.5) is 0 Å². The van der Waals surface area contributed by atoms with Gasteiger partial charge in [-0.15, -0.1) is 0 Å². The molecule has 7 heteroatoms. The van der Waals surface area contributed by atoms with Gasteiger partial charge in [-0.05, 0) is 30.3 Å². The Morgan fingerprint density at radius 3 is 1.62 bits per heavy atom. The van der Waals surface area contributed by atoms with Crippen LogP contribution in [0.15, 0.2) is 149 Å². The summed E-state index contributed by atoms with van der Waals surface area (Å²) in [5, 5.41) is 6.61. The van der Waals surface area contributed by atoms with E-state index in [1.807, 2.05) is 73.2 Å². The summed E-state index contributed by atoms with van der Waals surface area (Å²) in [6, 6.07) is 43.8.